The highest BCUT2D eigenvalue weighted by molar-refractivity contribution is 7.99. The molecule has 2 heterocycles. The first-order chi connectivity index (χ1) is 14.5. The zero-order chi connectivity index (χ0) is 21.0. The zero-order valence-corrected chi connectivity index (χ0v) is 19.6. The summed E-state index contributed by atoms with van der Waals surface area (Å²) in [7, 11) is -3.40. The molecule has 2 aromatic heterocycles. The van der Waals surface area contributed by atoms with Crippen LogP contribution >= 0.6 is 34.9 Å². The fraction of sp³-hybridized carbons (Fsp3) is 0.190. The Labute approximate surface area is 188 Å². The van der Waals surface area contributed by atoms with E-state index >= 15 is 0 Å². The van der Waals surface area contributed by atoms with Gasteiger partial charge in [-0.25, -0.2) is 18.1 Å². The van der Waals surface area contributed by atoms with Gasteiger partial charge in [-0.15, -0.1) is 23.1 Å². The number of para-hydroxylation sites is 2. The van der Waals surface area contributed by atoms with Crippen LogP contribution in [0, 0.1) is 6.92 Å². The predicted molar refractivity (Wildman–Crippen MR) is 127 cm³/mol. The molecule has 4 rings (SSSR count). The molecule has 2 aromatic carbocycles. The van der Waals surface area contributed by atoms with E-state index in [9.17, 15) is 8.42 Å². The third kappa shape index (κ3) is 5.09. The van der Waals surface area contributed by atoms with Crippen LogP contribution in [0.4, 0.5) is 0 Å². The van der Waals surface area contributed by atoms with Crippen molar-refractivity contribution in [3.05, 3.63) is 71.1 Å². The number of aromatic amines is 1. The van der Waals surface area contributed by atoms with Gasteiger partial charge in [0.05, 0.1) is 11.0 Å². The van der Waals surface area contributed by atoms with Gasteiger partial charge in [-0.05, 0) is 47.7 Å². The summed E-state index contributed by atoms with van der Waals surface area (Å²) in [5.41, 5.74) is 4.51. The Kier molecular flexibility index (Phi) is 6.84. The number of thioether (sulfide) groups is 2. The van der Waals surface area contributed by atoms with Crippen LogP contribution in [-0.4, -0.2) is 30.7 Å². The lowest BCUT2D eigenvalue weighted by Gasteiger charge is -2.11. The molecule has 0 radical (unpaired) electrons. The van der Waals surface area contributed by atoms with Crippen LogP contribution < -0.4 is 4.72 Å². The van der Waals surface area contributed by atoms with Gasteiger partial charge in [0.15, 0.2) is 5.16 Å². The van der Waals surface area contributed by atoms with Crippen LogP contribution in [0.3, 0.4) is 0 Å². The number of aromatic nitrogens is 2. The van der Waals surface area contributed by atoms with E-state index in [4.69, 9.17) is 0 Å². The minimum atomic E-state index is -3.40. The molecule has 2 N–H and O–H groups in total. The Balaban J connectivity index is 1.33. The van der Waals surface area contributed by atoms with Gasteiger partial charge in [-0.3, -0.25) is 0 Å². The molecular weight excluding hydrogens is 455 g/mol. The maximum absolute atomic E-state index is 12.2. The average molecular weight is 476 g/mol. The predicted octanol–water partition coefficient (Wildman–Crippen LogP) is 5.30. The number of thiophene rings is 1. The molecule has 0 aliphatic heterocycles. The molecule has 0 unspecified atom stereocenters. The number of imidazole rings is 1. The number of nitrogens with zero attached hydrogens (tertiary/aromatic N) is 1. The average Bonchev–Trinajstić information content (AvgIpc) is 3.41. The molecular formula is C21H21N3O2S4. The minimum Gasteiger partial charge on any atom is -0.333 e. The van der Waals surface area contributed by atoms with Crippen LogP contribution in [0.15, 0.2) is 74.2 Å². The van der Waals surface area contributed by atoms with Crippen LogP contribution in [0.25, 0.3) is 11.0 Å². The zero-order valence-electron chi connectivity index (χ0n) is 16.3. The van der Waals surface area contributed by atoms with Gasteiger partial charge in [0.1, 0.15) is 4.21 Å². The lowest BCUT2D eigenvalue weighted by Crippen LogP contribution is -2.25. The number of hydrogen-bond acceptors (Lipinski definition) is 6. The van der Waals surface area contributed by atoms with E-state index in [0.29, 0.717) is 16.5 Å². The van der Waals surface area contributed by atoms with Crippen molar-refractivity contribution in [2.24, 2.45) is 0 Å². The fourth-order valence-electron chi connectivity index (χ4n) is 2.94. The van der Waals surface area contributed by atoms with Crippen molar-refractivity contribution in [3.8, 4) is 0 Å². The number of sulfonamides is 1. The Morgan fingerprint density at radius 2 is 1.93 bits per heavy atom. The SMILES string of the molecule is Cc1c(CSc2nc3ccccc3[nH]2)cccc1SCCNS(=O)(=O)c1cccs1. The van der Waals surface area contributed by atoms with E-state index in [2.05, 4.69) is 39.8 Å². The third-order valence-corrected chi connectivity index (χ3v) is 9.48. The Bertz CT molecular complexity index is 1200. The molecule has 5 nitrogen and oxygen atoms in total. The standard InChI is InChI=1S/C21H21N3O2S4/c1-15-16(14-29-21-23-17-7-2-3-8-18(17)24-21)6-4-9-19(15)27-13-11-22-30(25,26)20-10-5-12-28-20/h2-10,12,22H,11,13-14H2,1H3,(H,23,24). The van der Waals surface area contributed by atoms with Gasteiger partial charge in [0.2, 0.25) is 10.0 Å². The molecule has 156 valence electrons. The van der Waals surface area contributed by atoms with E-state index in [-0.39, 0.29) is 0 Å². The quantitative estimate of drug-likeness (QED) is 0.254. The summed E-state index contributed by atoms with van der Waals surface area (Å²) in [6, 6.07) is 17.7. The lowest BCUT2D eigenvalue weighted by atomic mass is 10.1. The summed E-state index contributed by atoms with van der Waals surface area (Å²) in [4.78, 5) is 9.15. The summed E-state index contributed by atoms with van der Waals surface area (Å²) in [6.45, 7) is 2.51. The highest BCUT2D eigenvalue weighted by Gasteiger charge is 2.14. The molecule has 0 fully saturated rings. The molecule has 9 heteroatoms. The topological polar surface area (TPSA) is 74.8 Å². The van der Waals surface area contributed by atoms with E-state index in [1.165, 1.54) is 27.4 Å². The van der Waals surface area contributed by atoms with Crippen molar-refractivity contribution in [3.63, 3.8) is 0 Å². The normalized spacial score (nSPS) is 11.9. The fourth-order valence-corrected chi connectivity index (χ4v) is 7.04. The summed E-state index contributed by atoms with van der Waals surface area (Å²) < 4.78 is 27.4. The molecule has 0 saturated carbocycles. The smallest absolute Gasteiger partial charge is 0.250 e. The Morgan fingerprint density at radius 1 is 1.07 bits per heavy atom. The first kappa shape index (κ1) is 21.5. The molecule has 4 aromatic rings. The summed E-state index contributed by atoms with van der Waals surface area (Å²) >= 11 is 4.58. The minimum absolute atomic E-state index is 0.355. The second kappa shape index (κ2) is 9.57. The van der Waals surface area contributed by atoms with Crippen molar-refractivity contribution in [1.82, 2.24) is 14.7 Å². The second-order valence-electron chi connectivity index (χ2n) is 6.57. The van der Waals surface area contributed by atoms with Gasteiger partial charge >= 0.3 is 0 Å². The van der Waals surface area contributed by atoms with E-state index in [0.717, 1.165) is 21.9 Å². The number of nitrogens with one attached hydrogen (secondary N) is 2. The van der Waals surface area contributed by atoms with Crippen molar-refractivity contribution < 1.29 is 8.42 Å². The lowest BCUT2D eigenvalue weighted by molar-refractivity contribution is 0.586. The molecule has 30 heavy (non-hydrogen) atoms. The number of hydrogen-bond donors (Lipinski definition) is 2. The first-order valence-corrected chi connectivity index (χ1v) is 13.7. The molecule has 0 aliphatic carbocycles. The summed E-state index contributed by atoms with van der Waals surface area (Å²) in [5, 5.41) is 2.68. The van der Waals surface area contributed by atoms with Crippen molar-refractivity contribution >= 4 is 55.9 Å². The largest absolute Gasteiger partial charge is 0.333 e. The Morgan fingerprint density at radius 3 is 2.73 bits per heavy atom. The van der Waals surface area contributed by atoms with Crippen molar-refractivity contribution in [2.75, 3.05) is 12.3 Å². The van der Waals surface area contributed by atoms with Crippen LogP contribution in [0.2, 0.25) is 0 Å². The molecule has 0 saturated heterocycles. The van der Waals surface area contributed by atoms with Crippen molar-refractivity contribution in [2.45, 2.75) is 26.9 Å². The Hall–Kier alpha value is -1.78. The summed E-state index contributed by atoms with van der Waals surface area (Å²) in [5.74, 6) is 1.50. The van der Waals surface area contributed by atoms with Crippen LogP contribution in [-0.2, 0) is 15.8 Å². The van der Waals surface area contributed by atoms with Gasteiger partial charge in [0, 0.05) is 22.9 Å². The van der Waals surface area contributed by atoms with Crippen LogP contribution in [0.1, 0.15) is 11.1 Å². The second-order valence-corrected chi connectivity index (χ2v) is 11.6. The van der Waals surface area contributed by atoms with Gasteiger partial charge in [-0.1, -0.05) is 42.1 Å². The maximum atomic E-state index is 12.2. The molecule has 0 bridgehead atoms. The number of H-pyrrole nitrogens is 1. The maximum Gasteiger partial charge on any atom is 0.250 e. The molecule has 0 atom stereocenters. The van der Waals surface area contributed by atoms with E-state index in [1.807, 2.05) is 24.3 Å². The number of fused-ring (bicyclic) bond motifs is 1. The van der Waals surface area contributed by atoms with Crippen molar-refractivity contribution in [1.29, 1.82) is 0 Å². The van der Waals surface area contributed by atoms with E-state index in [1.54, 1.807) is 41.0 Å². The van der Waals surface area contributed by atoms with Gasteiger partial charge in [0.25, 0.3) is 0 Å². The van der Waals surface area contributed by atoms with Gasteiger partial charge < -0.3 is 4.98 Å². The number of rotatable bonds is 9. The summed E-state index contributed by atoms with van der Waals surface area (Å²) in [6.07, 6.45) is 0. The molecule has 0 aliphatic rings. The third-order valence-electron chi connectivity index (χ3n) is 4.54. The number of benzene rings is 2. The van der Waals surface area contributed by atoms with Crippen LogP contribution in [0.5, 0.6) is 0 Å². The highest BCUT2D eigenvalue weighted by Crippen LogP contribution is 2.29. The highest BCUT2D eigenvalue weighted by atomic mass is 32.2. The molecule has 0 spiro atoms. The monoisotopic (exact) mass is 475 g/mol. The van der Waals surface area contributed by atoms with E-state index < -0.39 is 10.0 Å². The first-order valence-electron chi connectivity index (χ1n) is 9.35. The molecule has 0 amide bonds. The van der Waals surface area contributed by atoms with Gasteiger partial charge in [-0.2, -0.15) is 0 Å².